The second-order valence-corrected chi connectivity index (χ2v) is 5.57. The summed E-state index contributed by atoms with van der Waals surface area (Å²) in [5.74, 6) is 0.0853. The molecule has 0 fully saturated rings. The highest BCUT2D eigenvalue weighted by Crippen LogP contribution is 2.11. The average molecular weight is 204 g/mol. The first kappa shape index (κ1) is 10.0. The number of rotatable bonds is 3. The van der Waals surface area contributed by atoms with E-state index in [4.69, 9.17) is 10.2 Å². The van der Waals surface area contributed by atoms with E-state index in [2.05, 4.69) is 4.98 Å². The first-order chi connectivity index (χ1) is 5.92. The molecular weight excluding hydrogens is 192 g/mol. The molecule has 0 unspecified atom stereocenters. The molecule has 1 rings (SSSR count). The van der Waals surface area contributed by atoms with Crippen LogP contribution in [0, 0.1) is 0 Å². The molecule has 5 nitrogen and oxygen atoms in total. The van der Waals surface area contributed by atoms with Gasteiger partial charge < -0.3 is 10.2 Å². The largest absolute Gasteiger partial charge is 0.424 e. The lowest BCUT2D eigenvalue weighted by Crippen LogP contribution is -2.16. The molecule has 13 heavy (non-hydrogen) atoms. The first-order valence-electron chi connectivity index (χ1n) is 3.83. The third-order valence-electron chi connectivity index (χ3n) is 1.61. The maximum atomic E-state index is 11.4. The molecule has 1 aromatic heterocycles. The van der Waals surface area contributed by atoms with Crippen molar-refractivity contribution in [2.24, 2.45) is 0 Å². The minimum Gasteiger partial charge on any atom is -0.424 e. The van der Waals surface area contributed by atoms with Crippen molar-refractivity contribution in [3.05, 3.63) is 12.1 Å². The molecule has 0 amide bonds. The Morgan fingerprint density at radius 1 is 1.62 bits per heavy atom. The second kappa shape index (κ2) is 3.37. The van der Waals surface area contributed by atoms with Crippen LogP contribution in [0.1, 0.15) is 19.7 Å². The SMILES string of the molecule is CC(C)S(=O)(=O)Cc1ncc(N)o1. The topological polar surface area (TPSA) is 86.2 Å². The van der Waals surface area contributed by atoms with Gasteiger partial charge >= 0.3 is 0 Å². The predicted molar refractivity (Wildman–Crippen MR) is 48.7 cm³/mol. The van der Waals surface area contributed by atoms with Crippen molar-refractivity contribution < 1.29 is 12.8 Å². The number of aromatic nitrogens is 1. The third kappa shape index (κ3) is 2.45. The Hall–Kier alpha value is -1.04. The van der Waals surface area contributed by atoms with Gasteiger partial charge in [-0.25, -0.2) is 13.4 Å². The van der Waals surface area contributed by atoms with Gasteiger partial charge in [0.25, 0.3) is 0 Å². The smallest absolute Gasteiger partial charge is 0.212 e. The second-order valence-electron chi connectivity index (χ2n) is 3.01. The van der Waals surface area contributed by atoms with E-state index < -0.39 is 15.1 Å². The van der Waals surface area contributed by atoms with Crippen LogP contribution in [-0.2, 0) is 15.6 Å². The normalized spacial score (nSPS) is 12.2. The molecule has 74 valence electrons. The lowest BCUT2D eigenvalue weighted by atomic mass is 10.6. The van der Waals surface area contributed by atoms with Crippen molar-refractivity contribution >= 4 is 15.7 Å². The third-order valence-corrected chi connectivity index (χ3v) is 3.70. The van der Waals surface area contributed by atoms with Crippen LogP contribution in [0.4, 0.5) is 5.88 Å². The molecule has 0 atom stereocenters. The van der Waals surface area contributed by atoms with Gasteiger partial charge in [-0.05, 0) is 13.8 Å². The average Bonchev–Trinajstić information content (AvgIpc) is 2.34. The van der Waals surface area contributed by atoms with Crippen LogP contribution < -0.4 is 5.73 Å². The molecule has 6 heteroatoms. The molecule has 1 heterocycles. The van der Waals surface area contributed by atoms with E-state index >= 15 is 0 Å². The molecule has 0 aliphatic heterocycles. The van der Waals surface area contributed by atoms with Crippen molar-refractivity contribution in [3.8, 4) is 0 Å². The Kier molecular flexibility index (Phi) is 2.60. The number of nitrogen functional groups attached to an aromatic ring is 1. The lowest BCUT2D eigenvalue weighted by molar-refractivity contribution is 0.521. The van der Waals surface area contributed by atoms with E-state index in [1.807, 2.05) is 0 Å². The summed E-state index contributed by atoms with van der Waals surface area (Å²) in [5, 5.41) is -0.430. The Bertz CT molecular complexity index is 380. The molecule has 1 aromatic rings. The van der Waals surface area contributed by atoms with Gasteiger partial charge in [-0.1, -0.05) is 0 Å². The number of nitrogens with two attached hydrogens (primary N) is 1. The maximum Gasteiger partial charge on any atom is 0.212 e. The van der Waals surface area contributed by atoms with Crippen LogP contribution in [0.5, 0.6) is 0 Å². The van der Waals surface area contributed by atoms with Crippen molar-refractivity contribution in [1.29, 1.82) is 0 Å². The van der Waals surface area contributed by atoms with Crippen molar-refractivity contribution in [3.63, 3.8) is 0 Å². The van der Waals surface area contributed by atoms with E-state index in [-0.39, 0.29) is 17.5 Å². The van der Waals surface area contributed by atoms with Crippen LogP contribution >= 0.6 is 0 Å². The summed E-state index contributed by atoms with van der Waals surface area (Å²) in [4.78, 5) is 3.71. The fourth-order valence-electron chi connectivity index (χ4n) is 0.730. The number of sulfone groups is 1. The molecular formula is C7H12N2O3S. The molecule has 0 aliphatic carbocycles. The molecule has 0 saturated carbocycles. The monoisotopic (exact) mass is 204 g/mol. The Morgan fingerprint density at radius 3 is 2.62 bits per heavy atom. The number of anilines is 1. The standard InChI is InChI=1S/C7H12N2O3S/c1-5(2)13(10,11)4-7-9-3-6(8)12-7/h3,5H,4,8H2,1-2H3. The Balaban J connectivity index is 2.81. The maximum absolute atomic E-state index is 11.4. The molecule has 0 aromatic carbocycles. The van der Waals surface area contributed by atoms with E-state index in [1.54, 1.807) is 13.8 Å². The number of nitrogens with zero attached hydrogens (tertiary/aromatic N) is 1. The summed E-state index contributed by atoms with van der Waals surface area (Å²) in [6.07, 6.45) is 1.30. The fourth-order valence-corrected chi connectivity index (χ4v) is 1.54. The zero-order chi connectivity index (χ0) is 10.1. The fraction of sp³-hybridized carbons (Fsp3) is 0.571. The van der Waals surface area contributed by atoms with Gasteiger partial charge in [-0.3, -0.25) is 0 Å². The van der Waals surface area contributed by atoms with Crippen LogP contribution in [0.25, 0.3) is 0 Å². The highest BCUT2D eigenvalue weighted by atomic mass is 32.2. The van der Waals surface area contributed by atoms with Gasteiger partial charge in [0.1, 0.15) is 5.75 Å². The minimum atomic E-state index is -3.15. The van der Waals surface area contributed by atoms with Gasteiger partial charge in [0.15, 0.2) is 9.84 Å². The van der Waals surface area contributed by atoms with E-state index in [1.165, 1.54) is 6.20 Å². The van der Waals surface area contributed by atoms with Crippen molar-refractivity contribution in [1.82, 2.24) is 4.98 Å². The molecule has 0 saturated heterocycles. The van der Waals surface area contributed by atoms with E-state index in [0.29, 0.717) is 0 Å². The number of hydrogen-bond acceptors (Lipinski definition) is 5. The summed E-state index contributed by atoms with van der Waals surface area (Å²) in [6.45, 7) is 3.23. The van der Waals surface area contributed by atoms with Gasteiger partial charge in [0.2, 0.25) is 11.8 Å². The Labute approximate surface area is 76.9 Å². The van der Waals surface area contributed by atoms with Gasteiger partial charge in [-0.2, -0.15) is 0 Å². The van der Waals surface area contributed by atoms with Gasteiger partial charge in [0, 0.05) is 0 Å². The number of hydrogen-bond donors (Lipinski definition) is 1. The first-order valence-corrected chi connectivity index (χ1v) is 5.55. The molecule has 2 N–H and O–H groups in total. The zero-order valence-corrected chi connectivity index (χ0v) is 8.34. The van der Waals surface area contributed by atoms with Crippen LogP contribution in [0.3, 0.4) is 0 Å². The minimum absolute atomic E-state index is 0.133. The number of oxazole rings is 1. The van der Waals surface area contributed by atoms with Crippen molar-refractivity contribution in [2.45, 2.75) is 24.9 Å². The van der Waals surface area contributed by atoms with E-state index in [0.717, 1.165) is 0 Å². The highest BCUT2D eigenvalue weighted by molar-refractivity contribution is 7.91. The van der Waals surface area contributed by atoms with Crippen LogP contribution in [-0.4, -0.2) is 18.7 Å². The quantitative estimate of drug-likeness (QED) is 0.778. The molecule has 0 bridgehead atoms. The van der Waals surface area contributed by atoms with E-state index in [9.17, 15) is 8.42 Å². The summed E-state index contributed by atoms with van der Waals surface area (Å²) in [6, 6.07) is 0. The van der Waals surface area contributed by atoms with Crippen molar-refractivity contribution in [2.75, 3.05) is 5.73 Å². The lowest BCUT2D eigenvalue weighted by Gasteiger charge is -2.03. The van der Waals surface area contributed by atoms with Gasteiger partial charge in [0.05, 0.1) is 11.4 Å². The summed E-state index contributed by atoms with van der Waals surface area (Å²) < 4.78 is 27.6. The van der Waals surface area contributed by atoms with Crippen LogP contribution in [0.2, 0.25) is 0 Å². The Morgan fingerprint density at radius 2 is 2.23 bits per heavy atom. The van der Waals surface area contributed by atoms with Crippen LogP contribution in [0.15, 0.2) is 10.6 Å². The predicted octanol–water partition coefficient (Wildman–Crippen LogP) is 0.580. The molecule has 0 spiro atoms. The summed E-state index contributed by atoms with van der Waals surface area (Å²) in [5.41, 5.74) is 5.25. The zero-order valence-electron chi connectivity index (χ0n) is 7.52. The summed E-state index contributed by atoms with van der Waals surface area (Å²) in [7, 11) is -3.15. The molecule has 0 radical (unpaired) electrons. The summed E-state index contributed by atoms with van der Waals surface area (Å²) >= 11 is 0. The van der Waals surface area contributed by atoms with Gasteiger partial charge in [-0.15, -0.1) is 0 Å². The highest BCUT2D eigenvalue weighted by Gasteiger charge is 2.19. The molecule has 0 aliphatic rings.